The van der Waals surface area contributed by atoms with Gasteiger partial charge in [0.15, 0.2) is 0 Å². The number of fused-ring (bicyclic) bond motifs is 1. The number of hydrogen-bond acceptors (Lipinski definition) is 4. The van der Waals surface area contributed by atoms with Gasteiger partial charge in [-0.15, -0.1) is 0 Å². The lowest BCUT2D eigenvalue weighted by molar-refractivity contribution is -0.121. The number of carbonyl (C=O) groups is 1. The summed E-state index contributed by atoms with van der Waals surface area (Å²) in [6.07, 6.45) is 3.09. The first kappa shape index (κ1) is 13.1. The monoisotopic (exact) mass is 293 g/mol. The highest BCUT2D eigenvalue weighted by Gasteiger charge is 2.25. The highest BCUT2D eigenvalue weighted by molar-refractivity contribution is 7.90. The minimum Gasteiger partial charge on any atom is -0.352 e. The molecule has 1 amide bonds. The Morgan fingerprint density at radius 2 is 2.10 bits per heavy atom. The minimum absolute atomic E-state index is 0.0284. The van der Waals surface area contributed by atoms with Gasteiger partial charge in [-0.2, -0.15) is 0 Å². The molecule has 0 radical (unpaired) electrons. The second-order valence-electron chi connectivity index (χ2n) is 5.08. The minimum atomic E-state index is -3.48. The van der Waals surface area contributed by atoms with Crippen LogP contribution in [0.4, 0.5) is 0 Å². The van der Waals surface area contributed by atoms with Gasteiger partial charge in [-0.3, -0.25) is 4.79 Å². The average molecular weight is 293 g/mol. The molecule has 1 aromatic heterocycles. The average Bonchev–Trinajstić information content (AvgIpc) is 3.09. The van der Waals surface area contributed by atoms with Crippen LogP contribution in [-0.4, -0.2) is 36.2 Å². The number of aromatic nitrogens is 2. The van der Waals surface area contributed by atoms with Gasteiger partial charge in [-0.25, -0.2) is 13.4 Å². The SMILES string of the molecule is CS(=O)(=O)c1nc2ccccc2n1CC(=O)NC1CC1. The Labute approximate surface area is 116 Å². The van der Waals surface area contributed by atoms with Crippen molar-refractivity contribution in [3.05, 3.63) is 24.3 Å². The van der Waals surface area contributed by atoms with Crippen LogP contribution in [0.25, 0.3) is 11.0 Å². The highest BCUT2D eigenvalue weighted by Crippen LogP contribution is 2.21. The molecule has 20 heavy (non-hydrogen) atoms. The summed E-state index contributed by atoms with van der Waals surface area (Å²) in [5, 5.41) is 2.79. The largest absolute Gasteiger partial charge is 0.352 e. The number of imidazole rings is 1. The summed E-state index contributed by atoms with van der Waals surface area (Å²) in [5.74, 6) is -0.180. The van der Waals surface area contributed by atoms with E-state index in [2.05, 4.69) is 10.3 Å². The molecule has 0 aliphatic heterocycles. The van der Waals surface area contributed by atoms with Gasteiger partial charge < -0.3 is 9.88 Å². The Bertz CT molecular complexity index is 775. The maximum Gasteiger partial charge on any atom is 0.240 e. The summed E-state index contributed by atoms with van der Waals surface area (Å²) in [6, 6.07) is 7.33. The summed E-state index contributed by atoms with van der Waals surface area (Å²) in [6.45, 7) is -0.0284. The van der Waals surface area contributed by atoms with E-state index < -0.39 is 9.84 Å². The molecule has 3 rings (SSSR count). The molecule has 1 aliphatic rings. The van der Waals surface area contributed by atoms with E-state index in [0.29, 0.717) is 11.0 Å². The number of benzene rings is 1. The predicted octanol–water partition coefficient (Wildman–Crippen LogP) is 0.718. The second-order valence-corrected chi connectivity index (χ2v) is 6.99. The molecule has 7 heteroatoms. The smallest absolute Gasteiger partial charge is 0.240 e. The van der Waals surface area contributed by atoms with E-state index in [0.717, 1.165) is 19.1 Å². The lowest BCUT2D eigenvalue weighted by atomic mass is 10.3. The zero-order valence-corrected chi connectivity index (χ0v) is 11.9. The fourth-order valence-corrected chi connectivity index (χ4v) is 2.96. The zero-order valence-electron chi connectivity index (χ0n) is 11.0. The maximum absolute atomic E-state index is 11.9. The van der Waals surface area contributed by atoms with E-state index in [1.807, 2.05) is 0 Å². The molecule has 0 saturated heterocycles. The fourth-order valence-electron chi connectivity index (χ4n) is 2.13. The third-order valence-electron chi connectivity index (χ3n) is 3.20. The lowest BCUT2D eigenvalue weighted by Crippen LogP contribution is -2.30. The first-order valence-corrected chi connectivity index (χ1v) is 8.29. The van der Waals surface area contributed by atoms with Gasteiger partial charge in [-0.05, 0) is 25.0 Å². The van der Waals surface area contributed by atoms with Crippen LogP contribution >= 0.6 is 0 Å². The quantitative estimate of drug-likeness (QED) is 0.900. The van der Waals surface area contributed by atoms with Crippen molar-refractivity contribution in [3.8, 4) is 0 Å². The molecule has 1 aromatic carbocycles. The lowest BCUT2D eigenvalue weighted by Gasteiger charge is -2.08. The predicted molar refractivity (Wildman–Crippen MR) is 74.0 cm³/mol. The van der Waals surface area contributed by atoms with Crippen LogP contribution in [-0.2, 0) is 21.2 Å². The summed E-state index contributed by atoms with van der Waals surface area (Å²) in [7, 11) is -3.48. The Morgan fingerprint density at radius 1 is 1.40 bits per heavy atom. The summed E-state index contributed by atoms with van der Waals surface area (Å²) in [4.78, 5) is 16.1. The fraction of sp³-hybridized carbons (Fsp3) is 0.385. The second kappa shape index (κ2) is 4.59. The highest BCUT2D eigenvalue weighted by atomic mass is 32.2. The van der Waals surface area contributed by atoms with Gasteiger partial charge >= 0.3 is 0 Å². The normalized spacial score (nSPS) is 15.4. The van der Waals surface area contributed by atoms with E-state index in [1.54, 1.807) is 24.3 Å². The summed E-state index contributed by atoms with van der Waals surface area (Å²) >= 11 is 0. The van der Waals surface area contributed by atoms with Crippen LogP contribution < -0.4 is 5.32 Å². The molecule has 6 nitrogen and oxygen atoms in total. The van der Waals surface area contributed by atoms with Gasteiger partial charge in [0.25, 0.3) is 0 Å². The van der Waals surface area contributed by atoms with Crippen LogP contribution in [0.1, 0.15) is 12.8 Å². The van der Waals surface area contributed by atoms with Gasteiger partial charge in [0.2, 0.25) is 20.9 Å². The molecular formula is C13H15N3O3S. The third kappa shape index (κ3) is 2.53. The Morgan fingerprint density at radius 3 is 2.75 bits per heavy atom. The van der Waals surface area contributed by atoms with Gasteiger partial charge in [0.1, 0.15) is 6.54 Å². The van der Waals surface area contributed by atoms with E-state index in [1.165, 1.54) is 4.57 Å². The molecule has 0 spiro atoms. The van der Waals surface area contributed by atoms with Crippen LogP contribution in [0, 0.1) is 0 Å². The third-order valence-corrected chi connectivity index (χ3v) is 4.17. The number of rotatable bonds is 4. The molecule has 2 aromatic rings. The first-order valence-electron chi connectivity index (χ1n) is 6.40. The van der Waals surface area contributed by atoms with Crippen LogP contribution in [0.5, 0.6) is 0 Å². The molecule has 1 fully saturated rings. The van der Waals surface area contributed by atoms with Crippen molar-refractivity contribution in [2.24, 2.45) is 0 Å². The first-order chi connectivity index (χ1) is 9.45. The Balaban J connectivity index is 2.03. The standard InChI is InChI=1S/C13H15N3O3S/c1-20(18,19)13-15-10-4-2-3-5-11(10)16(13)8-12(17)14-9-6-7-9/h2-5,9H,6-8H2,1H3,(H,14,17). The topological polar surface area (TPSA) is 81.1 Å². The molecule has 0 unspecified atom stereocenters. The van der Waals surface area contributed by atoms with Crippen LogP contribution in [0.15, 0.2) is 29.4 Å². The molecule has 1 saturated carbocycles. The van der Waals surface area contributed by atoms with Crippen molar-refractivity contribution in [2.75, 3.05) is 6.26 Å². The zero-order chi connectivity index (χ0) is 14.3. The molecule has 0 bridgehead atoms. The molecule has 1 aliphatic carbocycles. The van der Waals surface area contributed by atoms with E-state index >= 15 is 0 Å². The van der Waals surface area contributed by atoms with Crippen molar-refractivity contribution in [1.82, 2.24) is 14.9 Å². The van der Waals surface area contributed by atoms with Crippen molar-refractivity contribution in [1.29, 1.82) is 0 Å². The van der Waals surface area contributed by atoms with Crippen molar-refractivity contribution >= 4 is 26.8 Å². The van der Waals surface area contributed by atoms with E-state index in [9.17, 15) is 13.2 Å². The van der Waals surface area contributed by atoms with Crippen LogP contribution in [0.2, 0.25) is 0 Å². The van der Waals surface area contributed by atoms with Gasteiger partial charge in [-0.1, -0.05) is 12.1 Å². The van der Waals surface area contributed by atoms with Crippen molar-refractivity contribution in [2.45, 2.75) is 30.6 Å². The number of sulfone groups is 1. The molecule has 106 valence electrons. The Kier molecular flexibility index (Phi) is 3.01. The van der Waals surface area contributed by atoms with Crippen molar-refractivity contribution < 1.29 is 13.2 Å². The molecule has 1 heterocycles. The number of amides is 1. The molecule has 0 atom stereocenters. The maximum atomic E-state index is 11.9. The number of nitrogens with zero attached hydrogens (tertiary/aromatic N) is 2. The summed E-state index contributed by atoms with van der Waals surface area (Å²) < 4.78 is 25.1. The number of nitrogens with one attached hydrogen (secondary N) is 1. The van der Waals surface area contributed by atoms with E-state index in [4.69, 9.17) is 0 Å². The van der Waals surface area contributed by atoms with Gasteiger partial charge in [0, 0.05) is 12.3 Å². The van der Waals surface area contributed by atoms with Crippen molar-refractivity contribution in [3.63, 3.8) is 0 Å². The van der Waals surface area contributed by atoms with Gasteiger partial charge in [0.05, 0.1) is 11.0 Å². The van der Waals surface area contributed by atoms with E-state index in [-0.39, 0.29) is 23.7 Å². The number of para-hydroxylation sites is 2. The molecular weight excluding hydrogens is 278 g/mol. The molecule has 1 N–H and O–H groups in total. The Hall–Kier alpha value is -1.89. The number of carbonyl (C=O) groups excluding carboxylic acids is 1. The summed E-state index contributed by atoms with van der Waals surface area (Å²) in [5.41, 5.74) is 1.23. The van der Waals surface area contributed by atoms with Crippen LogP contribution in [0.3, 0.4) is 0 Å². The number of hydrogen-bond donors (Lipinski definition) is 1.